The molecule has 7 heteroatoms. The van der Waals surface area contributed by atoms with Crippen molar-refractivity contribution >= 4 is 16.8 Å². The van der Waals surface area contributed by atoms with Gasteiger partial charge in [0.1, 0.15) is 5.69 Å². The van der Waals surface area contributed by atoms with Gasteiger partial charge in [-0.1, -0.05) is 24.3 Å². The van der Waals surface area contributed by atoms with Gasteiger partial charge in [-0.3, -0.25) is 4.79 Å². The number of amides is 1. The number of carbonyl (C=O) groups excluding carboxylic acids is 1. The quantitative estimate of drug-likeness (QED) is 0.690. The van der Waals surface area contributed by atoms with E-state index in [0.29, 0.717) is 17.7 Å². The van der Waals surface area contributed by atoms with Gasteiger partial charge in [0, 0.05) is 18.5 Å². The Hall–Kier alpha value is -2.93. The van der Waals surface area contributed by atoms with Crippen LogP contribution in [0.25, 0.3) is 22.0 Å². The molecular formula is C21H19F3N2O2. The summed E-state index contributed by atoms with van der Waals surface area (Å²) in [5, 5.41) is 3.55. The van der Waals surface area contributed by atoms with Crippen molar-refractivity contribution in [1.82, 2.24) is 10.3 Å². The van der Waals surface area contributed by atoms with Crippen LogP contribution in [0.3, 0.4) is 0 Å². The zero-order valence-corrected chi connectivity index (χ0v) is 15.4. The SMILES string of the molecule is COCC(C)NC(=O)c1ccc2c(-c3ccc(C(F)(F)F)cc3)cccc2n1. The number of rotatable bonds is 5. The van der Waals surface area contributed by atoms with E-state index >= 15 is 0 Å². The average Bonchev–Trinajstić information content (AvgIpc) is 2.66. The van der Waals surface area contributed by atoms with Crippen LogP contribution in [0.5, 0.6) is 0 Å². The molecule has 1 unspecified atom stereocenters. The highest BCUT2D eigenvalue weighted by Gasteiger charge is 2.30. The first-order chi connectivity index (χ1) is 13.3. The Morgan fingerprint density at radius 2 is 1.82 bits per heavy atom. The minimum atomic E-state index is -4.37. The Bertz CT molecular complexity index is 985. The number of hydrogen-bond donors (Lipinski definition) is 1. The molecule has 0 aliphatic heterocycles. The van der Waals surface area contributed by atoms with Gasteiger partial charge in [-0.2, -0.15) is 13.2 Å². The Morgan fingerprint density at radius 3 is 2.46 bits per heavy atom. The summed E-state index contributed by atoms with van der Waals surface area (Å²) in [4.78, 5) is 16.7. The normalized spacial score (nSPS) is 12.8. The number of pyridine rings is 1. The maximum atomic E-state index is 12.8. The molecule has 28 heavy (non-hydrogen) atoms. The number of methoxy groups -OCH3 is 1. The lowest BCUT2D eigenvalue weighted by Crippen LogP contribution is -2.36. The molecule has 0 fully saturated rings. The van der Waals surface area contributed by atoms with Crippen molar-refractivity contribution in [2.75, 3.05) is 13.7 Å². The molecule has 4 nitrogen and oxygen atoms in total. The molecular weight excluding hydrogens is 369 g/mol. The molecule has 1 aromatic heterocycles. The van der Waals surface area contributed by atoms with Gasteiger partial charge < -0.3 is 10.1 Å². The zero-order valence-electron chi connectivity index (χ0n) is 15.4. The highest BCUT2D eigenvalue weighted by atomic mass is 19.4. The summed E-state index contributed by atoms with van der Waals surface area (Å²) >= 11 is 0. The number of ether oxygens (including phenoxy) is 1. The molecule has 1 atom stereocenters. The summed E-state index contributed by atoms with van der Waals surface area (Å²) in [6.45, 7) is 2.21. The minimum Gasteiger partial charge on any atom is -0.383 e. The second kappa shape index (κ2) is 7.98. The summed E-state index contributed by atoms with van der Waals surface area (Å²) in [7, 11) is 1.56. The van der Waals surface area contributed by atoms with E-state index in [-0.39, 0.29) is 17.6 Å². The van der Waals surface area contributed by atoms with Crippen LogP contribution < -0.4 is 5.32 Å². The minimum absolute atomic E-state index is 0.159. The van der Waals surface area contributed by atoms with E-state index in [4.69, 9.17) is 4.74 Å². The van der Waals surface area contributed by atoms with Crippen LogP contribution >= 0.6 is 0 Å². The number of carbonyl (C=O) groups is 1. The van der Waals surface area contributed by atoms with Gasteiger partial charge in [0.2, 0.25) is 0 Å². The molecule has 0 radical (unpaired) electrons. The van der Waals surface area contributed by atoms with Crippen LogP contribution in [0.2, 0.25) is 0 Å². The van der Waals surface area contributed by atoms with Crippen LogP contribution in [0.1, 0.15) is 23.0 Å². The van der Waals surface area contributed by atoms with Gasteiger partial charge in [-0.05, 0) is 48.4 Å². The van der Waals surface area contributed by atoms with E-state index in [1.807, 2.05) is 13.0 Å². The number of aromatic nitrogens is 1. The Balaban J connectivity index is 1.93. The molecule has 2 aromatic carbocycles. The molecule has 1 N–H and O–H groups in total. The van der Waals surface area contributed by atoms with Gasteiger partial charge in [-0.25, -0.2) is 4.98 Å². The van der Waals surface area contributed by atoms with Crippen molar-refractivity contribution < 1.29 is 22.7 Å². The monoisotopic (exact) mass is 388 g/mol. The predicted octanol–water partition coefficient (Wildman–Crippen LogP) is 4.69. The summed E-state index contributed by atoms with van der Waals surface area (Å²) < 4.78 is 43.3. The molecule has 0 aliphatic carbocycles. The third kappa shape index (κ3) is 4.31. The van der Waals surface area contributed by atoms with Gasteiger partial charge in [0.15, 0.2) is 0 Å². The van der Waals surface area contributed by atoms with Gasteiger partial charge in [0.25, 0.3) is 5.91 Å². The third-order valence-corrected chi connectivity index (χ3v) is 4.28. The highest BCUT2D eigenvalue weighted by molar-refractivity contribution is 5.99. The number of hydrogen-bond acceptors (Lipinski definition) is 3. The van der Waals surface area contributed by atoms with E-state index in [2.05, 4.69) is 10.3 Å². The fourth-order valence-electron chi connectivity index (χ4n) is 2.96. The summed E-state index contributed by atoms with van der Waals surface area (Å²) in [5.74, 6) is -0.314. The fraction of sp³-hybridized carbons (Fsp3) is 0.238. The standard InChI is InChI=1S/C21H19F3N2O2/c1-13(12-28-2)25-20(27)19-11-10-17-16(4-3-5-18(17)26-19)14-6-8-15(9-7-14)21(22,23)24/h3-11,13H,12H2,1-2H3,(H,25,27). The Labute approximate surface area is 160 Å². The smallest absolute Gasteiger partial charge is 0.383 e. The van der Waals surface area contributed by atoms with Gasteiger partial charge in [-0.15, -0.1) is 0 Å². The van der Waals surface area contributed by atoms with E-state index in [9.17, 15) is 18.0 Å². The molecule has 1 amide bonds. The molecule has 0 saturated carbocycles. The molecule has 146 valence electrons. The number of nitrogens with zero attached hydrogens (tertiary/aromatic N) is 1. The third-order valence-electron chi connectivity index (χ3n) is 4.28. The molecule has 0 aliphatic rings. The molecule has 0 bridgehead atoms. The maximum absolute atomic E-state index is 12.8. The fourth-order valence-corrected chi connectivity index (χ4v) is 2.96. The molecule has 0 saturated heterocycles. The lowest BCUT2D eigenvalue weighted by Gasteiger charge is -2.13. The number of fused-ring (bicyclic) bond motifs is 1. The van der Waals surface area contributed by atoms with Gasteiger partial charge in [0.05, 0.1) is 17.7 Å². The van der Waals surface area contributed by atoms with E-state index in [1.165, 1.54) is 12.1 Å². The number of nitrogens with one attached hydrogen (secondary N) is 1. The van der Waals surface area contributed by atoms with Crippen LogP contribution in [-0.4, -0.2) is 30.6 Å². The van der Waals surface area contributed by atoms with Crippen LogP contribution in [0, 0.1) is 0 Å². The number of halogens is 3. The number of alkyl halides is 3. The highest BCUT2D eigenvalue weighted by Crippen LogP contribution is 2.33. The van der Waals surface area contributed by atoms with Crippen molar-refractivity contribution in [3.63, 3.8) is 0 Å². The number of benzene rings is 2. The average molecular weight is 388 g/mol. The Kier molecular flexibility index (Phi) is 5.65. The maximum Gasteiger partial charge on any atom is 0.416 e. The van der Waals surface area contributed by atoms with E-state index in [0.717, 1.165) is 23.1 Å². The largest absolute Gasteiger partial charge is 0.416 e. The summed E-state index contributed by atoms with van der Waals surface area (Å²) in [5.41, 5.74) is 1.55. The molecule has 1 heterocycles. The van der Waals surface area contributed by atoms with Crippen molar-refractivity contribution in [2.24, 2.45) is 0 Å². The predicted molar refractivity (Wildman–Crippen MR) is 101 cm³/mol. The zero-order chi connectivity index (χ0) is 20.3. The summed E-state index contributed by atoms with van der Waals surface area (Å²) in [6.07, 6.45) is -4.37. The molecule has 0 spiro atoms. The van der Waals surface area contributed by atoms with Crippen LogP contribution in [0.15, 0.2) is 54.6 Å². The first-order valence-electron chi connectivity index (χ1n) is 8.67. The van der Waals surface area contributed by atoms with Crippen molar-refractivity contribution in [3.8, 4) is 11.1 Å². The van der Waals surface area contributed by atoms with Crippen LogP contribution in [0.4, 0.5) is 13.2 Å². The lowest BCUT2D eigenvalue weighted by molar-refractivity contribution is -0.137. The van der Waals surface area contributed by atoms with Gasteiger partial charge >= 0.3 is 6.18 Å². The van der Waals surface area contributed by atoms with Crippen molar-refractivity contribution in [3.05, 3.63) is 65.9 Å². The first kappa shape index (κ1) is 19.8. The Morgan fingerprint density at radius 1 is 1.11 bits per heavy atom. The molecule has 3 aromatic rings. The van der Waals surface area contributed by atoms with Crippen LogP contribution in [-0.2, 0) is 10.9 Å². The van der Waals surface area contributed by atoms with E-state index < -0.39 is 11.7 Å². The second-order valence-electron chi connectivity index (χ2n) is 6.47. The second-order valence-corrected chi connectivity index (χ2v) is 6.47. The topological polar surface area (TPSA) is 51.2 Å². The first-order valence-corrected chi connectivity index (χ1v) is 8.67. The van der Waals surface area contributed by atoms with E-state index in [1.54, 1.807) is 31.4 Å². The van der Waals surface area contributed by atoms with Crippen molar-refractivity contribution in [2.45, 2.75) is 19.1 Å². The lowest BCUT2D eigenvalue weighted by atomic mass is 9.99. The van der Waals surface area contributed by atoms with Crippen molar-refractivity contribution in [1.29, 1.82) is 0 Å². The molecule has 3 rings (SSSR count). The summed E-state index contributed by atoms with van der Waals surface area (Å²) in [6, 6.07) is 13.5.